The summed E-state index contributed by atoms with van der Waals surface area (Å²) in [4.78, 5) is 32.7. The summed E-state index contributed by atoms with van der Waals surface area (Å²) in [6.07, 6.45) is 6.10. The highest BCUT2D eigenvalue weighted by atomic mass is 16.2. The summed E-state index contributed by atoms with van der Waals surface area (Å²) < 4.78 is 1.97. The number of nitrogens with zero attached hydrogens (tertiary/aromatic N) is 3. The van der Waals surface area contributed by atoms with Gasteiger partial charge in [-0.1, -0.05) is 55.7 Å². The topological polar surface area (TPSA) is 67.2 Å². The number of aryl methyl sites for hydroxylation is 1. The first kappa shape index (κ1) is 23.0. The largest absolute Gasteiger partial charge is 0.346 e. The Bertz CT molecular complexity index is 1130. The van der Waals surface area contributed by atoms with Gasteiger partial charge in [-0.05, 0) is 49.9 Å². The third-order valence-corrected chi connectivity index (χ3v) is 6.87. The van der Waals surface area contributed by atoms with Gasteiger partial charge in [-0.2, -0.15) is 0 Å². The van der Waals surface area contributed by atoms with E-state index in [-0.39, 0.29) is 24.4 Å². The molecule has 6 nitrogen and oxygen atoms in total. The van der Waals surface area contributed by atoms with Crippen LogP contribution in [0.1, 0.15) is 62.0 Å². The molecule has 4 rings (SSSR count). The van der Waals surface area contributed by atoms with Crippen molar-refractivity contribution in [3.63, 3.8) is 0 Å². The van der Waals surface area contributed by atoms with Crippen LogP contribution in [0.5, 0.6) is 0 Å². The van der Waals surface area contributed by atoms with Crippen molar-refractivity contribution in [1.29, 1.82) is 0 Å². The number of rotatable bonds is 7. The average molecular weight is 447 g/mol. The van der Waals surface area contributed by atoms with Crippen LogP contribution in [0.3, 0.4) is 0 Å². The van der Waals surface area contributed by atoms with E-state index in [1.165, 1.54) is 19.3 Å². The van der Waals surface area contributed by atoms with Gasteiger partial charge in [-0.15, -0.1) is 0 Å². The Morgan fingerprint density at radius 1 is 1.09 bits per heavy atom. The van der Waals surface area contributed by atoms with Crippen molar-refractivity contribution < 1.29 is 9.59 Å². The van der Waals surface area contributed by atoms with Gasteiger partial charge in [0.15, 0.2) is 0 Å². The summed E-state index contributed by atoms with van der Waals surface area (Å²) in [5.74, 6) is 0.741. The number of aromatic nitrogens is 2. The molecular weight excluding hydrogens is 412 g/mol. The number of benzene rings is 2. The molecule has 1 N–H and O–H groups in total. The molecule has 1 aliphatic carbocycles. The standard InChI is InChI=1S/C27H34N4O2/c1-19-11-7-8-12-21(19)17-25(32)28-20(2)27-29-23-15-9-10-16-24(23)31(27)18-26(33)30(3)22-13-5-4-6-14-22/h7-12,15-16,20,22H,4-6,13-14,17-18H2,1-3H3,(H,28,32). The summed E-state index contributed by atoms with van der Waals surface area (Å²) in [5, 5.41) is 3.09. The normalized spacial score (nSPS) is 15.4. The molecule has 1 aliphatic rings. The zero-order chi connectivity index (χ0) is 23.4. The van der Waals surface area contributed by atoms with E-state index in [0.29, 0.717) is 18.3 Å². The van der Waals surface area contributed by atoms with Crippen molar-refractivity contribution in [3.05, 3.63) is 65.5 Å². The van der Waals surface area contributed by atoms with E-state index in [1.807, 2.05) is 78.9 Å². The molecule has 0 saturated heterocycles. The van der Waals surface area contributed by atoms with Crippen LogP contribution in [0.4, 0.5) is 0 Å². The van der Waals surface area contributed by atoms with Crippen LogP contribution in [-0.4, -0.2) is 39.4 Å². The maximum atomic E-state index is 13.2. The second kappa shape index (κ2) is 10.2. The first-order chi connectivity index (χ1) is 15.9. The Labute approximate surface area is 196 Å². The van der Waals surface area contributed by atoms with Crippen LogP contribution in [-0.2, 0) is 22.6 Å². The molecule has 1 unspecified atom stereocenters. The van der Waals surface area contributed by atoms with Crippen molar-refractivity contribution in [1.82, 2.24) is 19.8 Å². The monoisotopic (exact) mass is 446 g/mol. The minimum atomic E-state index is -0.318. The maximum Gasteiger partial charge on any atom is 0.242 e. The van der Waals surface area contributed by atoms with Crippen LogP contribution in [0.15, 0.2) is 48.5 Å². The molecule has 6 heteroatoms. The highest BCUT2D eigenvalue weighted by molar-refractivity contribution is 5.82. The van der Waals surface area contributed by atoms with Crippen molar-refractivity contribution in [2.75, 3.05) is 7.05 Å². The van der Waals surface area contributed by atoms with E-state index in [4.69, 9.17) is 4.98 Å². The highest BCUT2D eigenvalue weighted by Gasteiger charge is 2.25. The van der Waals surface area contributed by atoms with Gasteiger partial charge in [-0.25, -0.2) is 4.98 Å². The molecule has 33 heavy (non-hydrogen) atoms. The summed E-state index contributed by atoms with van der Waals surface area (Å²) in [6.45, 7) is 4.17. The molecule has 0 bridgehead atoms. The Kier molecular flexibility index (Phi) is 7.11. The Morgan fingerprint density at radius 2 is 1.79 bits per heavy atom. The quantitative estimate of drug-likeness (QED) is 0.579. The zero-order valence-corrected chi connectivity index (χ0v) is 19.9. The summed E-state index contributed by atoms with van der Waals surface area (Å²) in [7, 11) is 1.92. The highest BCUT2D eigenvalue weighted by Crippen LogP contribution is 2.24. The number of hydrogen-bond donors (Lipinski definition) is 1. The number of para-hydroxylation sites is 2. The van der Waals surface area contributed by atoms with E-state index >= 15 is 0 Å². The lowest BCUT2D eigenvalue weighted by molar-refractivity contribution is -0.133. The molecular formula is C27H34N4O2. The van der Waals surface area contributed by atoms with E-state index < -0.39 is 0 Å². The van der Waals surface area contributed by atoms with Crippen molar-refractivity contribution in [2.24, 2.45) is 0 Å². The van der Waals surface area contributed by atoms with Gasteiger partial charge in [-0.3, -0.25) is 9.59 Å². The van der Waals surface area contributed by atoms with Crippen LogP contribution in [0, 0.1) is 6.92 Å². The molecule has 174 valence electrons. The van der Waals surface area contributed by atoms with E-state index in [9.17, 15) is 9.59 Å². The molecule has 2 aromatic carbocycles. The van der Waals surface area contributed by atoms with Gasteiger partial charge < -0.3 is 14.8 Å². The first-order valence-corrected chi connectivity index (χ1v) is 12.0. The second-order valence-corrected chi connectivity index (χ2v) is 9.23. The van der Waals surface area contributed by atoms with Gasteiger partial charge in [0.05, 0.1) is 23.5 Å². The molecule has 0 spiro atoms. The Hall–Kier alpha value is -3.15. The van der Waals surface area contributed by atoms with Gasteiger partial charge >= 0.3 is 0 Å². The van der Waals surface area contributed by atoms with Gasteiger partial charge in [0.25, 0.3) is 0 Å². The number of amides is 2. The zero-order valence-electron chi connectivity index (χ0n) is 19.9. The number of carbonyl (C=O) groups is 2. The number of nitrogens with one attached hydrogen (secondary N) is 1. The minimum absolute atomic E-state index is 0.0546. The molecule has 0 radical (unpaired) electrons. The molecule has 1 heterocycles. The van der Waals surface area contributed by atoms with Crippen LogP contribution in [0.2, 0.25) is 0 Å². The smallest absolute Gasteiger partial charge is 0.242 e. The third-order valence-electron chi connectivity index (χ3n) is 6.87. The lowest BCUT2D eigenvalue weighted by Gasteiger charge is -2.31. The fourth-order valence-electron chi connectivity index (χ4n) is 4.85. The minimum Gasteiger partial charge on any atom is -0.346 e. The van der Waals surface area contributed by atoms with E-state index in [1.54, 1.807) is 0 Å². The number of carbonyl (C=O) groups excluding carboxylic acids is 2. The summed E-state index contributed by atoms with van der Waals surface area (Å²) in [5.41, 5.74) is 3.86. The van der Waals surface area contributed by atoms with Gasteiger partial charge in [0.1, 0.15) is 12.4 Å². The van der Waals surface area contributed by atoms with Crippen molar-refractivity contribution >= 4 is 22.8 Å². The van der Waals surface area contributed by atoms with Crippen LogP contribution >= 0.6 is 0 Å². The molecule has 0 aliphatic heterocycles. The first-order valence-electron chi connectivity index (χ1n) is 12.0. The van der Waals surface area contributed by atoms with Crippen LogP contribution < -0.4 is 5.32 Å². The van der Waals surface area contributed by atoms with Gasteiger partial charge in [0.2, 0.25) is 11.8 Å². The lowest BCUT2D eigenvalue weighted by Crippen LogP contribution is -2.40. The summed E-state index contributed by atoms with van der Waals surface area (Å²) in [6, 6.07) is 15.8. The molecule has 1 saturated carbocycles. The number of imidazole rings is 1. The lowest BCUT2D eigenvalue weighted by atomic mass is 9.94. The van der Waals surface area contributed by atoms with Gasteiger partial charge in [0, 0.05) is 13.1 Å². The number of likely N-dealkylation sites (N-methyl/N-ethyl adjacent to an activating group) is 1. The molecule has 3 aromatic rings. The molecule has 1 atom stereocenters. The fraction of sp³-hybridized carbons (Fsp3) is 0.444. The predicted octanol–water partition coefficient (Wildman–Crippen LogP) is 4.56. The SMILES string of the molecule is Cc1ccccc1CC(=O)NC(C)c1nc2ccccc2n1CC(=O)N(C)C1CCCCC1. The molecule has 1 fully saturated rings. The molecule has 2 amide bonds. The number of fused-ring (bicyclic) bond motifs is 1. The second-order valence-electron chi connectivity index (χ2n) is 9.23. The number of hydrogen-bond acceptors (Lipinski definition) is 3. The Morgan fingerprint density at radius 3 is 2.55 bits per heavy atom. The van der Waals surface area contributed by atoms with Crippen molar-refractivity contribution in [3.8, 4) is 0 Å². The van der Waals surface area contributed by atoms with Crippen LogP contribution in [0.25, 0.3) is 11.0 Å². The third kappa shape index (κ3) is 5.27. The van der Waals surface area contributed by atoms with Crippen molar-refractivity contribution in [2.45, 2.75) is 71.0 Å². The fourth-order valence-corrected chi connectivity index (χ4v) is 4.85. The molecule has 1 aromatic heterocycles. The maximum absolute atomic E-state index is 13.2. The average Bonchev–Trinajstić information content (AvgIpc) is 3.19. The predicted molar refractivity (Wildman–Crippen MR) is 131 cm³/mol. The Balaban J connectivity index is 1.53. The van der Waals surface area contributed by atoms with E-state index in [0.717, 1.165) is 35.0 Å². The summed E-state index contributed by atoms with van der Waals surface area (Å²) >= 11 is 0. The van der Waals surface area contributed by atoms with E-state index in [2.05, 4.69) is 5.32 Å².